The molecular weight excluding hydrogens is 228 g/mol. The Labute approximate surface area is 108 Å². The van der Waals surface area contributed by atoms with E-state index >= 15 is 0 Å². The van der Waals surface area contributed by atoms with Crippen LogP contribution in [-0.4, -0.2) is 19.2 Å². The van der Waals surface area contributed by atoms with Gasteiger partial charge in [-0.3, -0.25) is 0 Å². The number of hydrogen-bond donors (Lipinski definition) is 0. The molecule has 0 aliphatic rings. The summed E-state index contributed by atoms with van der Waals surface area (Å²) in [5.74, 6) is 0.418. The fraction of sp³-hybridized carbons (Fsp3) is 0.267. The van der Waals surface area contributed by atoms with Gasteiger partial charge in [0.25, 0.3) is 0 Å². The molecule has 0 aliphatic carbocycles. The van der Waals surface area contributed by atoms with Crippen LogP contribution in [0.5, 0.6) is 5.75 Å². The number of esters is 1. The van der Waals surface area contributed by atoms with Crippen molar-refractivity contribution < 1.29 is 14.3 Å². The van der Waals surface area contributed by atoms with Gasteiger partial charge in [-0.1, -0.05) is 18.7 Å². The molecule has 18 heavy (non-hydrogen) atoms. The fourth-order valence-corrected chi connectivity index (χ4v) is 1.53. The minimum atomic E-state index is -0.321. The maximum atomic E-state index is 11.6. The summed E-state index contributed by atoms with van der Waals surface area (Å²) in [5.41, 5.74) is 1.44. The van der Waals surface area contributed by atoms with Crippen LogP contribution >= 0.6 is 0 Å². The number of ether oxygens (including phenoxy) is 2. The van der Waals surface area contributed by atoms with Gasteiger partial charge in [0.15, 0.2) is 0 Å². The largest absolute Gasteiger partial charge is 0.489 e. The Hall–Kier alpha value is -2.03. The maximum Gasteiger partial charge on any atom is 0.338 e. The molecule has 1 aromatic carbocycles. The Morgan fingerprint density at radius 3 is 2.72 bits per heavy atom. The first-order valence-corrected chi connectivity index (χ1v) is 5.87. The van der Waals surface area contributed by atoms with E-state index in [4.69, 9.17) is 9.47 Å². The molecule has 0 unspecified atom stereocenters. The standard InChI is InChI=1S/C15H18O3/c1-4-7-12-11-13(15(16)17-6-3)8-9-14(12)18-10-5-2/h4-5,8-9,11H,1-2,6-7,10H2,3H3. The van der Waals surface area contributed by atoms with E-state index in [1.165, 1.54) is 0 Å². The molecule has 1 rings (SSSR count). The summed E-state index contributed by atoms with van der Waals surface area (Å²) >= 11 is 0. The van der Waals surface area contributed by atoms with Crippen LogP contribution in [0.3, 0.4) is 0 Å². The summed E-state index contributed by atoms with van der Waals surface area (Å²) in [6.45, 7) is 9.88. The van der Waals surface area contributed by atoms with Crippen LogP contribution in [0, 0.1) is 0 Å². The smallest absolute Gasteiger partial charge is 0.338 e. The summed E-state index contributed by atoms with van der Waals surface area (Å²) in [4.78, 5) is 11.6. The number of rotatable bonds is 7. The topological polar surface area (TPSA) is 35.5 Å². The highest BCUT2D eigenvalue weighted by molar-refractivity contribution is 5.89. The highest BCUT2D eigenvalue weighted by Gasteiger charge is 2.10. The van der Waals surface area contributed by atoms with Crippen LogP contribution in [0.4, 0.5) is 0 Å². The Morgan fingerprint density at radius 1 is 1.33 bits per heavy atom. The van der Waals surface area contributed by atoms with Crippen molar-refractivity contribution in [2.24, 2.45) is 0 Å². The highest BCUT2D eigenvalue weighted by Crippen LogP contribution is 2.21. The molecule has 0 N–H and O–H groups in total. The van der Waals surface area contributed by atoms with Crippen molar-refractivity contribution in [1.29, 1.82) is 0 Å². The minimum absolute atomic E-state index is 0.321. The van der Waals surface area contributed by atoms with E-state index < -0.39 is 0 Å². The van der Waals surface area contributed by atoms with Crippen molar-refractivity contribution >= 4 is 5.97 Å². The van der Waals surface area contributed by atoms with E-state index in [1.807, 2.05) is 0 Å². The average molecular weight is 246 g/mol. The fourth-order valence-electron chi connectivity index (χ4n) is 1.53. The Balaban J connectivity index is 2.97. The summed E-state index contributed by atoms with van der Waals surface area (Å²) in [7, 11) is 0. The quantitative estimate of drug-likeness (QED) is 0.547. The van der Waals surface area contributed by atoms with Crippen molar-refractivity contribution in [3.8, 4) is 5.75 Å². The molecule has 0 amide bonds. The van der Waals surface area contributed by atoms with Crippen LogP contribution in [0.2, 0.25) is 0 Å². The Bertz CT molecular complexity index is 435. The lowest BCUT2D eigenvalue weighted by atomic mass is 10.1. The van der Waals surface area contributed by atoms with E-state index in [0.717, 1.165) is 11.3 Å². The first kappa shape index (κ1) is 14.0. The van der Waals surface area contributed by atoms with Gasteiger partial charge in [-0.2, -0.15) is 0 Å². The van der Waals surface area contributed by atoms with Crippen molar-refractivity contribution in [2.75, 3.05) is 13.2 Å². The SMILES string of the molecule is C=CCOc1ccc(C(=O)OCC)cc1CC=C. The van der Waals surface area contributed by atoms with E-state index in [9.17, 15) is 4.79 Å². The van der Waals surface area contributed by atoms with E-state index in [0.29, 0.717) is 25.2 Å². The summed E-state index contributed by atoms with van der Waals surface area (Å²) in [6.07, 6.45) is 4.09. The van der Waals surface area contributed by atoms with Crippen LogP contribution in [-0.2, 0) is 11.2 Å². The zero-order valence-corrected chi connectivity index (χ0v) is 10.6. The third-order valence-corrected chi connectivity index (χ3v) is 2.29. The van der Waals surface area contributed by atoms with Crippen molar-refractivity contribution in [2.45, 2.75) is 13.3 Å². The van der Waals surface area contributed by atoms with E-state index in [1.54, 1.807) is 37.3 Å². The van der Waals surface area contributed by atoms with Crippen LogP contribution in [0.25, 0.3) is 0 Å². The third kappa shape index (κ3) is 3.77. The molecule has 0 saturated carbocycles. The predicted octanol–water partition coefficient (Wildman–Crippen LogP) is 3.16. The first-order chi connectivity index (χ1) is 8.72. The maximum absolute atomic E-state index is 11.6. The van der Waals surface area contributed by atoms with E-state index in [2.05, 4.69) is 13.2 Å². The van der Waals surface area contributed by atoms with Gasteiger partial charge in [-0.15, -0.1) is 6.58 Å². The van der Waals surface area contributed by atoms with Gasteiger partial charge in [-0.25, -0.2) is 4.79 Å². The molecule has 0 spiro atoms. The lowest BCUT2D eigenvalue weighted by molar-refractivity contribution is 0.0526. The molecule has 0 radical (unpaired) electrons. The van der Waals surface area contributed by atoms with Gasteiger partial charge in [0, 0.05) is 0 Å². The molecule has 3 heteroatoms. The van der Waals surface area contributed by atoms with E-state index in [-0.39, 0.29) is 5.97 Å². The molecule has 3 nitrogen and oxygen atoms in total. The molecule has 0 heterocycles. The summed E-state index contributed by atoms with van der Waals surface area (Å²) in [6, 6.07) is 5.25. The summed E-state index contributed by atoms with van der Waals surface area (Å²) in [5, 5.41) is 0. The van der Waals surface area contributed by atoms with Crippen LogP contribution in [0.1, 0.15) is 22.8 Å². The number of benzene rings is 1. The normalized spacial score (nSPS) is 9.61. The zero-order chi connectivity index (χ0) is 13.4. The predicted molar refractivity (Wildman–Crippen MR) is 72.0 cm³/mol. The number of allylic oxidation sites excluding steroid dienone is 1. The lowest BCUT2D eigenvalue weighted by Crippen LogP contribution is -2.06. The number of carbonyl (C=O) groups is 1. The van der Waals surface area contributed by atoms with Gasteiger partial charge in [0.1, 0.15) is 12.4 Å². The average Bonchev–Trinajstić information content (AvgIpc) is 2.38. The second-order valence-electron chi connectivity index (χ2n) is 3.64. The third-order valence-electron chi connectivity index (χ3n) is 2.29. The zero-order valence-electron chi connectivity index (χ0n) is 10.6. The monoisotopic (exact) mass is 246 g/mol. The van der Waals surface area contributed by atoms with Gasteiger partial charge in [-0.05, 0) is 37.1 Å². The van der Waals surface area contributed by atoms with Crippen molar-refractivity contribution in [3.63, 3.8) is 0 Å². The second-order valence-corrected chi connectivity index (χ2v) is 3.64. The van der Waals surface area contributed by atoms with Gasteiger partial charge >= 0.3 is 5.97 Å². The van der Waals surface area contributed by atoms with Crippen LogP contribution in [0.15, 0.2) is 43.5 Å². The van der Waals surface area contributed by atoms with Crippen molar-refractivity contribution in [3.05, 3.63) is 54.6 Å². The Kier molecular flexibility index (Phi) is 5.71. The van der Waals surface area contributed by atoms with Gasteiger partial charge in [0.05, 0.1) is 12.2 Å². The van der Waals surface area contributed by atoms with Crippen LogP contribution < -0.4 is 4.74 Å². The molecule has 96 valence electrons. The minimum Gasteiger partial charge on any atom is -0.489 e. The van der Waals surface area contributed by atoms with Crippen molar-refractivity contribution in [1.82, 2.24) is 0 Å². The second kappa shape index (κ2) is 7.33. The lowest BCUT2D eigenvalue weighted by Gasteiger charge is -2.10. The van der Waals surface area contributed by atoms with Gasteiger partial charge in [0.2, 0.25) is 0 Å². The molecule has 0 aromatic heterocycles. The Morgan fingerprint density at radius 2 is 2.11 bits per heavy atom. The molecule has 0 fully saturated rings. The molecule has 0 aliphatic heterocycles. The van der Waals surface area contributed by atoms with Gasteiger partial charge < -0.3 is 9.47 Å². The number of hydrogen-bond acceptors (Lipinski definition) is 3. The highest BCUT2D eigenvalue weighted by atomic mass is 16.5. The number of carbonyl (C=O) groups excluding carboxylic acids is 1. The first-order valence-electron chi connectivity index (χ1n) is 5.87. The molecule has 0 atom stereocenters. The molecule has 0 saturated heterocycles. The summed E-state index contributed by atoms with van der Waals surface area (Å²) < 4.78 is 10.5. The molecule has 0 bridgehead atoms. The molecular formula is C15H18O3. The molecule has 1 aromatic rings.